The Labute approximate surface area is 284 Å². The van der Waals surface area contributed by atoms with E-state index in [0.29, 0.717) is 11.3 Å². The number of amides is 1. The number of nitrogens with two attached hydrogens (primary N) is 1. The number of phosphoric acid groups is 1. The molecule has 3 N–H and O–H groups in total. The fourth-order valence-electron chi connectivity index (χ4n) is 3.90. The zero-order chi connectivity index (χ0) is 28.6. The smallest absolute Gasteiger partial charge is 0.790 e. The number of carbonyl (C=O) groups excluding carboxylic acids is 1. The first-order valence-corrected chi connectivity index (χ1v) is 15.0. The molecule has 13 nitrogen and oxygen atoms in total. The molecule has 1 aliphatic heterocycles. The van der Waals surface area contributed by atoms with Crippen molar-refractivity contribution in [2.75, 3.05) is 32.2 Å². The minimum atomic E-state index is -5.65. The Hall–Kier alpha value is -0.550. The molecule has 17 heteroatoms. The van der Waals surface area contributed by atoms with Crippen LogP contribution in [0.15, 0.2) is 59.5 Å². The maximum atomic E-state index is 13.6. The van der Waals surface area contributed by atoms with Gasteiger partial charge >= 0.3 is 65.2 Å². The Morgan fingerprint density at radius 1 is 1.12 bits per heavy atom. The predicted octanol–water partition coefficient (Wildman–Crippen LogP) is -5.19. The van der Waals surface area contributed by atoms with E-state index >= 15 is 0 Å². The fourth-order valence-corrected chi connectivity index (χ4v) is 6.06. The summed E-state index contributed by atoms with van der Waals surface area (Å²) >= 11 is 0. The van der Waals surface area contributed by atoms with Gasteiger partial charge in [0.05, 0.1) is 24.9 Å². The third-order valence-electron chi connectivity index (χ3n) is 5.61. The molecule has 1 fully saturated rings. The Bertz CT molecular complexity index is 1230. The molecule has 3 atom stereocenters. The van der Waals surface area contributed by atoms with Gasteiger partial charge in [-0.25, -0.2) is 13.2 Å². The van der Waals surface area contributed by atoms with E-state index in [1.807, 2.05) is 0 Å². The minimum Gasteiger partial charge on any atom is -0.790 e. The van der Waals surface area contributed by atoms with Gasteiger partial charge < -0.3 is 44.1 Å². The van der Waals surface area contributed by atoms with E-state index in [9.17, 15) is 27.6 Å². The Morgan fingerprint density at radius 3 is 2.29 bits per heavy atom. The standard InChI is InChI=1S/C24H34N3O10PS.2Na/c1-17(2)13-27(39(32,33)20-10-8-19(25)9-11-20)14-22(37-38(29,30)31)21(12-18-6-4-3-5-7-18)26-24(28)36-23-15-34-16-35-23;;/h3-11,17,21-23H,12-16,25H2,1-2H3,(H,26,28)(H2,29,30,31);;/q;2*+1/p-2. The van der Waals surface area contributed by atoms with Crippen molar-refractivity contribution in [2.24, 2.45) is 5.92 Å². The summed E-state index contributed by atoms with van der Waals surface area (Å²) in [5.41, 5.74) is 6.70. The first kappa shape index (κ1) is 38.5. The molecule has 0 bridgehead atoms. The number of hydrogen-bond donors (Lipinski definition) is 2. The topological polar surface area (TPSA) is 193 Å². The Morgan fingerprint density at radius 2 is 1.76 bits per heavy atom. The monoisotopic (exact) mass is 631 g/mol. The van der Waals surface area contributed by atoms with E-state index < -0.39 is 48.9 Å². The average molecular weight is 632 g/mol. The molecule has 1 amide bonds. The van der Waals surface area contributed by atoms with Crippen LogP contribution in [0, 0.1) is 5.92 Å². The van der Waals surface area contributed by atoms with Crippen LogP contribution in [-0.4, -0.2) is 63.7 Å². The predicted molar refractivity (Wildman–Crippen MR) is 136 cm³/mol. The van der Waals surface area contributed by atoms with Crippen molar-refractivity contribution in [2.45, 2.75) is 43.6 Å². The summed E-state index contributed by atoms with van der Waals surface area (Å²) in [6.07, 6.45) is -3.61. The molecule has 2 aromatic rings. The summed E-state index contributed by atoms with van der Waals surface area (Å²) in [6, 6.07) is 12.9. The zero-order valence-corrected chi connectivity index (χ0v) is 29.2. The number of hydrogen-bond acceptors (Lipinski definition) is 11. The van der Waals surface area contributed by atoms with Gasteiger partial charge in [0.25, 0.3) is 0 Å². The molecule has 0 radical (unpaired) electrons. The minimum absolute atomic E-state index is 0. The number of carbonyl (C=O) groups is 1. The van der Waals surface area contributed by atoms with Crippen molar-refractivity contribution in [3.63, 3.8) is 0 Å². The number of rotatable bonds is 13. The average Bonchev–Trinajstić information content (AvgIpc) is 3.35. The van der Waals surface area contributed by atoms with Crippen molar-refractivity contribution in [3.05, 3.63) is 60.2 Å². The number of phosphoric ester groups is 1. The molecule has 0 aliphatic carbocycles. The Kier molecular flexibility index (Phi) is 16.6. The molecule has 0 spiro atoms. The number of anilines is 1. The molecule has 3 unspecified atom stereocenters. The van der Waals surface area contributed by atoms with Crippen LogP contribution < -0.4 is 80.0 Å². The van der Waals surface area contributed by atoms with E-state index in [-0.39, 0.29) is 96.3 Å². The normalized spacial score (nSPS) is 16.9. The molecule has 0 saturated carbocycles. The van der Waals surface area contributed by atoms with Crippen molar-refractivity contribution in [1.29, 1.82) is 0 Å². The van der Waals surface area contributed by atoms with E-state index in [1.54, 1.807) is 44.2 Å². The number of alkyl carbamates (subject to hydrolysis) is 1. The summed E-state index contributed by atoms with van der Waals surface area (Å²) in [7, 11) is -9.84. The van der Waals surface area contributed by atoms with Gasteiger partial charge in [-0.3, -0.25) is 0 Å². The van der Waals surface area contributed by atoms with Crippen LogP contribution >= 0.6 is 7.82 Å². The molecular weight excluding hydrogens is 599 g/mol. The van der Waals surface area contributed by atoms with Crippen LogP contribution in [0.2, 0.25) is 0 Å². The molecular formula is C24H32N3Na2O10PS. The van der Waals surface area contributed by atoms with Crippen molar-refractivity contribution in [1.82, 2.24) is 9.62 Å². The van der Waals surface area contributed by atoms with Crippen molar-refractivity contribution >= 4 is 29.6 Å². The fraction of sp³-hybridized carbons (Fsp3) is 0.458. The van der Waals surface area contributed by atoms with Gasteiger partial charge in [-0.1, -0.05) is 44.2 Å². The van der Waals surface area contributed by atoms with Crippen LogP contribution in [0.1, 0.15) is 19.4 Å². The van der Waals surface area contributed by atoms with Crippen LogP contribution in [0.5, 0.6) is 0 Å². The molecule has 0 aromatic heterocycles. The first-order valence-electron chi connectivity index (χ1n) is 12.1. The third kappa shape index (κ3) is 12.9. The molecule has 216 valence electrons. The third-order valence-corrected chi connectivity index (χ3v) is 7.99. The van der Waals surface area contributed by atoms with E-state index in [2.05, 4.69) is 5.32 Å². The zero-order valence-electron chi connectivity index (χ0n) is 23.5. The second-order valence-corrected chi connectivity index (χ2v) is 12.3. The van der Waals surface area contributed by atoms with Crippen LogP contribution in [0.4, 0.5) is 10.5 Å². The largest absolute Gasteiger partial charge is 1.00 e. The second-order valence-electron chi connectivity index (χ2n) is 9.31. The number of ether oxygens (including phenoxy) is 3. The van der Waals surface area contributed by atoms with Crippen LogP contribution in [0.3, 0.4) is 0 Å². The van der Waals surface area contributed by atoms with Gasteiger partial charge in [-0.05, 0) is 42.2 Å². The molecule has 3 rings (SSSR count). The van der Waals surface area contributed by atoms with Gasteiger partial charge in [0, 0.05) is 18.8 Å². The maximum absolute atomic E-state index is 13.6. The van der Waals surface area contributed by atoms with Crippen molar-refractivity contribution in [3.8, 4) is 0 Å². The van der Waals surface area contributed by atoms with Gasteiger partial charge in [0.2, 0.25) is 16.3 Å². The molecule has 2 aromatic carbocycles. The first-order chi connectivity index (χ1) is 18.3. The van der Waals surface area contributed by atoms with E-state index in [0.717, 1.165) is 4.31 Å². The van der Waals surface area contributed by atoms with E-state index in [4.69, 9.17) is 24.5 Å². The number of nitrogen functional groups attached to an aromatic ring is 1. The Balaban J connectivity index is 0.00000420. The number of nitrogens with zero attached hydrogens (tertiary/aromatic N) is 1. The van der Waals surface area contributed by atoms with Crippen LogP contribution in [-0.2, 0) is 39.7 Å². The summed E-state index contributed by atoms with van der Waals surface area (Å²) in [5.74, 6) is -0.189. The molecule has 1 saturated heterocycles. The summed E-state index contributed by atoms with van der Waals surface area (Å²) in [5, 5.41) is 2.51. The summed E-state index contributed by atoms with van der Waals surface area (Å²) < 4.78 is 60.1. The summed E-state index contributed by atoms with van der Waals surface area (Å²) in [4.78, 5) is 36.2. The van der Waals surface area contributed by atoms with Gasteiger partial charge in [-0.2, -0.15) is 4.31 Å². The summed E-state index contributed by atoms with van der Waals surface area (Å²) in [6.45, 7) is 2.86. The molecule has 1 heterocycles. The molecule has 41 heavy (non-hydrogen) atoms. The van der Waals surface area contributed by atoms with Gasteiger partial charge in [0.15, 0.2) is 6.79 Å². The van der Waals surface area contributed by atoms with Crippen molar-refractivity contribution < 1.29 is 105 Å². The number of sulfonamides is 1. The SMILES string of the molecule is CC(C)CN(CC(OP(=O)([O-])[O-])C(Cc1ccccc1)NC(=O)OC1COCO1)S(=O)(=O)c1ccc(N)cc1.[Na+].[Na+]. The number of nitrogens with one attached hydrogen (secondary N) is 1. The van der Waals surface area contributed by atoms with Gasteiger partial charge in [0.1, 0.15) is 6.61 Å². The number of benzene rings is 2. The van der Waals surface area contributed by atoms with Gasteiger partial charge in [-0.15, -0.1) is 0 Å². The van der Waals surface area contributed by atoms with E-state index in [1.165, 1.54) is 24.3 Å². The maximum Gasteiger partial charge on any atom is 1.00 e. The quantitative estimate of drug-likeness (QED) is 0.122. The molecule has 1 aliphatic rings. The van der Waals surface area contributed by atoms with Crippen LogP contribution in [0.25, 0.3) is 0 Å². The second kappa shape index (κ2) is 17.7.